The van der Waals surface area contributed by atoms with E-state index in [1.54, 1.807) is 11.3 Å². The number of nitrogens with zero attached hydrogens (tertiary/aromatic N) is 2. The molecule has 0 radical (unpaired) electrons. The van der Waals surface area contributed by atoms with E-state index in [4.69, 9.17) is 0 Å². The Labute approximate surface area is 95.3 Å². The zero-order valence-corrected chi connectivity index (χ0v) is 10.5. The summed E-state index contributed by atoms with van der Waals surface area (Å²) in [4.78, 5) is 0. The van der Waals surface area contributed by atoms with Crippen LogP contribution in [-0.2, 0) is 0 Å². The molecule has 0 aliphatic heterocycles. The Bertz CT molecular complexity index is 322. The van der Waals surface area contributed by atoms with Crippen molar-refractivity contribution in [3.63, 3.8) is 0 Å². The molecule has 1 aromatic rings. The van der Waals surface area contributed by atoms with Gasteiger partial charge in [0.2, 0.25) is 5.13 Å². The van der Waals surface area contributed by atoms with Gasteiger partial charge in [-0.15, -0.1) is 10.2 Å². The van der Waals surface area contributed by atoms with Gasteiger partial charge in [0.05, 0.1) is 0 Å². The minimum absolute atomic E-state index is 0.537. The number of nitrogens with one attached hydrogen (secondary N) is 1. The zero-order chi connectivity index (χ0) is 10.9. The van der Waals surface area contributed by atoms with Gasteiger partial charge >= 0.3 is 0 Å². The van der Waals surface area contributed by atoms with Crippen LogP contribution < -0.4 is 5.32 Å². The van der Waals surface area contributed by atoms with Crippen LogP contribution in [0.5, 0.6) is 0 Å². The first-order chi connectivity index (χ1) is 7.05. The average molecular weight is 225 g/mol. The standard InChI is InChI=1S/C11H19N3S/c1-8-13-14-10(15-8)12-9-4-6-11(2,3)7-5-9/h9H,4-7H2,1-3H3,(H,12,14). The number of hydrogen-bond donors (Lipinski definition) is 1. The molecule has 0 spiro atoms. The molecule has 2 rings (SSSR count). The maximum atomic E-state index is 4.10. The Morgan fingerprint density at radius 1 is 1.27 bits per heavy atom. The summed E-state index contributed by atoms with van der Waals surface area (Å²) in [6, 6.07) is 0.602. The van der Waals surface area contributed by atoms with E-state index in [1.165, 1.54) is 25.7 Å². The first kappa shape index (κ1) is 10.9. The molecule has 0 amide bonds. The highest BCUT2D eigenvalue weighted by atomic mass is 32.1. The minimum Gasteiger partial charge on any atom is -0.357 e. The van der Waals surface area contributed by atoms with Gasteiger partial charge in [0.15, 0.2) is 0 Å². The van der Waals surface area contributed by atoms with Gasteiger partial charge in [-0.1, -0.05) is 25.2 Å². The molecule has 0 atom stereocenters. The third kappa shape index (κ3) is 2.91. The number of rotatable bonds is 2. The van der Waals surface area contributed by atoms with Gasteiger partial charge in [-0.05, 0) is 38.0 Å². The normalized spacial score (nSPS) is 21.5. The molecular weight excluding hydrogens is 206 g/mol. The quantitative estimate of drug-likeness (QED) is 0.839. The Morgan fingerprint density at radius 3 is 2.47 bits per heavy atom. The third-order valence-corrected chi connectivity index (χ3v) is 3.96. The molecule has 1 aliphatic rings. The number of aryl methyl sites for hydroxylation is 1. The second kappa shape index (κ2) is 4.08. The predicted octanol–water partition coefficient (Wildman–Crippen LogP) is 3.23. The SMILES string of the molecule is Cc1nnc(NC2CCC(C)(C)CC2)s1. The number of hydrogen-bond acceptors (Lipinski definition) is 4. The highest BCUT2D eigenvalue weighted by molar-refractivity contribution is 7.15. The second-order valence-corrected chi connectivity index (χ2v) is 6.39. The van der Waals surface area contributed by atoms with Crippen LogP contribution in [-0.4, -0.2) is 16.2 Å². The number of anilines is 1. The van der Waals surface area contributed by atoms with Crippen molar-refractivity contribution in [1.82, 2.24) is 10.2 Å². The molecule has 0 unspecified atom stereocenters. The van der Waals surface area contributed by atoms with E-state index < -0.39 is 0 Å². The molecule has 1 saturated carbocycles. The highest BCUT2D eigenvalue weighted by Crippen LogP contribution is 2.36. The van der Waals surface area contributed by atoms with Crippen LogP contribution in [0.15, 0.2) is 0 Å². The molecule has 0 saturated heterocycles. The van der Waals surface area contributed by atoms with Crippen LogP contribution >= 0.6 is 11.3 Å². The molecule has 1 aromatic heterocycles. The molecule has 1 aliphatic carbocycles. The van der Waals surface area contributed by atoms with Gasteiger partial charge < -0.3 is 5.32 Å². The molecule has 1 heterocycles. The van der Waals surface area contributed by atoms with Crippen LogP contribution in [0.1, 0.15) is 44.5 Å². The minimum atomic E-state index is 0.537. The van der Waals surface area contributed by atoms with Crippen molar-refractivity contribution in [2.75, 3.05) is 5.32 Å². The summed E-state index contributed by atoms with van der Waals surface area (Å²) < 4.78 is 0. The van der Waals surface area contributed by atoms with Gasteiger partial charge in [0.25, 0.3) is 0 Å². The van der Waals surface area contributed by atoms with Gasteiger partial charge in [-0.25, -0.2) is 0 Å². The van der Waals surface area contributed by atoms with E-state index in [1.807, 2.05) is 6.92 Å². The van der Waals surface area contributed by atoms with Crippen LogP contribution in [0.25, 0.3) is 0 Å². The summed E-state index contributed by atoms with van der Waals surface area (Å²) in [6.45, 7) is 6.71. The van der Waals surface area contributed by atoms with E-state index in [0.29, 0.717) is 11.5 Å². The Morgan fingerprint density at radius 2 is 1.93 bits per heavy atom. The van der Waals surface area contributed by atoms with Crippen LogP contribution in [0.2, 0.25) is 0 Å². The molecule has 4 heteroatoms. The van der Waals surface area contributed by atoms with Crippen molar-refractivity contribution < 1.29 is 0 Å². The Balaban J connectivity index is 1.87. The van der Waals surface area contributed by atoms with Crippen molar-refractivity contribution in [2.24, 2.45) is 5.41 Å². The molecule has 15 heavy (non-hydrogen) atoms. The van der Waals surface area contributed by atoms with E-state index in [2.05, 4.69) is 29.4 Å². The van der Waals surface area contributed by atoms with Gasteiger partial charge in [-0.2, -0.15) is 0 Å². The number of aromatic nitrogens is 2. The van der Waals surface area contributed by atoms with Gasteiger partial charge in [0.1, 0.15) is 5.01 Å². The lowest BCUT2D eigenvalue weighted by atomic mass is 9.76. The first-order valence-electron chi connectivity index (χ1n) is 5.62. The largest absolute Gasteiger partial charge is 0.357 e. The maximum Gasteiger partial charge on any atom is 0.205 e. The summed E-state index contributed by atoms with van der Waals surface area (Å²) in [5.41, 5.74) is 0.537. The summed E-state index contributed by atoms with van der Waals surface area (Å²) in [7, 11) is 0. The smallest absolute Gasteiger partial charge is 0.205 e. The Hall–Kier alpha value is -0.640. The van der Waals surface area contributed by atoms with Gasteiger partial charge in [-0.3, -0.25) is 0 Å². The third-order valence-electron chi connectivity index (χ3n) is 3.19. The fourth-order valence-corrected chi connectivity index (χ4v) is 2.74. The summed E-state index contributed by atoms with van der Waals surface area (Å²) in [5.74, 6) is 0. The monoisotopic (exact) mass is 225 g/mol. The lowest BCUT2D eigenvalue weighted by Gasteiger charge is -2.34. The van der Waals surface area contributed by atoms with E-state index >= 15 is 0 Å². The van der Waals surface area contributed by atoms with Crippen LogP contribution in [0.4, 0.5) is 5.13 Å². The van der Waals surface area contributed by atoms with Crippen molar-refractivity contribution in [2.45, 2.75) is 52.5 Å². The van der Waals surface area contributed by atoms with E-state index in [0.717, 1.165) is 10.1 Å². The topological polar surface area (TPSA) is 37.8 Å². The molecule has 0 bridgehead atoms. The molecule has 3 nitrogen and oxygen atoms in total. The molecule has 1 N–H and O–H groups in total. The molecule has 1 fully saturated rings. The maximum absolute atomic E-state index is 4.10. The van der Waals surface area contributed by atoms with Gasteiger partial charge in [0, 0.05) is 6.04 Å². The zero-order valence-electron chi connectivity index (χ0n) is 9.71. The summed E-state index contributed by atoms with van der Waals surface area (Å²) >= 11 is 1.65. The van der Waals surface area contributed by atoms with Crippen molar-refractivity contribution in [3.05, 3.63) is 5.01 Å². The highest BCUT2D eigenvalue weighted by Gasteiger charge is 2.26. The molecule has 84 valence electrons. The lowest BCUT2D eigenvalue weighted by Crippen LogP contribution is -2.29. The van der Waals surface area contributed by atoms with E-state index in [-0.39, 0.29) is 0 Å². The van der Waals surface area contributed by atoms with Crippen molar-refractivity contribution >= 4 is 16.5 Å². The Kier molecular flexibility index (Phi) is 2.96. The molecule has 0 aromatic carbocycles. The molecular formula is C11H19N3S. The van der Waals surface area contributed by atoms with Crippen LogP contribution in [0.3, 0.4) is 0 Å². The van der Waals surface area contributed by atoms with Crippen molar-refractivity contribution in [3.8, 4) is 0 Å². The average Bonchev–Trinajstić information content (AvgIpc) is 2.55. The summed E-state index contributed by atoms with van der Waals surface area (Å²) in [5, 5.41) is 13.6. The lowest BCUT2D eigenvalue weighted by molar-refractivity contribution is 0.232. The first-order valence-corrected chi connectivity index (χ1v) is 6.43. The van der Waals surface area contributed by atoms with E-state index in [9.17, 15) is 0 Å². The fraction of sp³-hybridized carbons (Fsp3) is 0.818. The second-order valence-electron chi connectivity index (χ2n) is 5.21. The predicted molar refractivity (Wildman–Crippen MR) is 64.3 cm³/mol. The van der Waals surface area contributed by atoms with Crippen LogP contribution in [0, 0.1) is 12.3 Å². The fourth-order valence-electron chi connectivity index (χ4n) is 2.07. The van der Waals surface area contributed by atoms with Crippen molar-refractivity contribution in [1.29, 1.82) is 0 Å². The summed E-state index contributed by atoms with van der Waals surface area (Å²) in [6.07, 6.45) is 5.13.